The summed E-state index contributed by atoms with van der Waals surface area (Å²) in [6.07, 6.45) is -0.395. The molecule has 9 nitrogen and oxygen atoms in total. The summed E-state index contributed by atoms with van der Waals surface area (Å²) < 4.78 is 25.7. The summed E-state index contributed by atoms with van der Waals surface area (Å²) in [4.78, 5) is 37.9. The molecule has 0 radical (unpaired) electrons. The Hall–Kier alpha value is -2.81. The molecule has 4 atom stereocenters. The average molecular weight is 410 g/mol. The number of carbonyl (C=O) groups excluding carboxylic acids is 3. The Bertz CT molecular complexity index is 774. The largest absolute Gasteiger partial charge is 0.493 e. The quantitative estimate of drug-likeness (QED) is 0.543. The fraction of sp³-hybridized carbons (Fsp3) is 0.550. The highest BCUT2D eigenvalue weighted by molar-refractivity contribution is 6.02. The lowest BCUT2D eigenvalue weighted by molar-refractivity contribution is -0.170. The second-order valence-electron chi connectivity index (χ2n) is 6.99. The number of hydrogen-bond acceptors (Lipinski definition) is 9. The van der Waals surface area contributed by atoms with Gasteiger partial charge < -0.3 is 28.8 Å². The van der Waals surface area contributed by atoms with E-state index < -0.39 is 47.5 Å². The van der Waals surface area contributed by atoms with Gasteiger partial charge in [0.1, 0.15) is 5.92 Å². The molecule has 1 N–H and O–H groups in total. The third-order valence-corrected chi connectivity index (χ3v) is 5.25. The zero-order valence-electron chi connectivity index (χ0n) is 17.3. The Morgan fingerprint density at radius 2 is 1.48 bits per heavy atom. The number of aliphatic hydroxyl groups is 1. The van der Waals surface area contributed by atoms with Crippen LogP contribution in [0.25, 0.3) is 0 Å². The molecule has 1 aromatic rings. The summed E-state index contributed by atoms with van der Waals surface area (Å²) in [7, 11) is 6.59. The fourth-order valence-electron chi connectivity index (χ4n) is 3.96. The van der Waals surface area contributed by atoms with Crippen LogP contribution in [0.15, 0.2) is 12.1 Å². The van der Waals surface area contributed by atoms with Crippen molar-refractivity contribution in [1.29, 1.82) is 0 Å². The summed E-state index contributed by atoms with van der Waals surface area (Å²) in [6.45, 7) is 1.37. The maximum absolute atomic E-state index is 12.8. The van der Waals surface area contributed by atoms with E-state index in [-0.39, 0.29) is 11.5 Å². The molecule has 0 bridgehead atoms. The molecule has 1 aromatic carbocycles. The Morgan fingerprint density at radius 3 is 1.90 bits per heavy atom. The van der Waals surface area contributed by atoms with Crippen LogP contribution < -0.4 is 14.2 Å². The molecule has 0 unspecified atom stereocenters. The number of benzene rings is 1. The number of methoxy groups -OCH3 is 5. The van der Waals surface area contributed by atoms with Crippen molar-refractivity contribution >= 4 is 17.7 Å². The van der Waals surface area contributed by atoms with Gasteiger partial charge in [-0.25, -0.2) is 0 Å². The third kappa shape index (κ3) is 4.00. The van der Waals surface area contributed by atoms with E-state index in [9.17, 15) is 19.5 Å². The maximum atomic E-state index is 12.8. The third-order valence-electron chi connectivity index (χ3n) is 5.25. The molecule has 0 spiro atoms. The lowest BCUT2D eigenvalue weighted by atomic mass is 9.61. The number of esters is 2. The number of ketones is 1. The summed E-state index contributed by atoms with van der Waals surface area (Å²) in [5.74, 6) is -4.85. The Kier molecular flexibility index (Phi) is 6.73. The Labute approximate surface area is 168 Å². The van der Waals surface area contributed by atoms with Crippen molar-refractivity contribution in [2.24, 2.45) is 11.8 Å². The predicted octanol–water partition coefficient (Wildman–Crippen LogP) is 1.10. The molecule has 0 aromatic heterocycles. The van der Waals surface area contributed by atoms with E-state index >= 15 is 0 Å². The van der Waals surface area contributed by atoms with Crippen LogP contribution in [0, 0.1) is 11.8 Å². The SMILES string of the molecule is COC(=O)[C@H]1C(=O)C[C@](C)(O)[C@H](C(=O)OC)[C@H]1c1cc(OC)c(OC)c(OC)c1. The van der Waals surface area contributed by atoms with Gasteiger partial charge in [0, 0.05) is 12.3 Å². The number of carbonyl (C=O) groups is 3. The molecule has 1 saturated carbocycles. The van der Waals surface area contributed by atoms with E-state index in [0.29, 0.717) is 11.3 Å². The van der Waals surface area contributed by atoms with Gasteiger partial charge in [0.25, 0.3) is 0 Å². The molecular formula is C20H26O9. The summed E-state index contributed by atoms with van der Waals surface area (Å²) in [5, 5.41) is 10.9. The normalized spacial score (nSPS) is 26.4. The maximum Gasteiger partial charge on any atom is 0.316 e. The van der Waals surface area contributed by atoms with Crippen molar-refractivity contribution in [1.82, 2.24) is 0 Å². The topological polar surface area (TPSA) is 118 Å². The summed E-state index contributed by atoms with van der Waals surface area (Å²) >= 11 is 0. The number of Topliss-reactive ketones (excluding diaryl/α,β-unsaturated/α-hetero) is 1. The second kappa shape index (κ2) is 8.69. The minimum atomic E-state index is -1.74. The smallest absolute Gasteiger partial charge is 0.316 e. The molecule has 0 aliphatic heterocycles. The van der Waals surface area contributed by atoms with Gasteiger partial charge in [-0.15, -0.1) is 0 Å². The number of hydrogen-bond donors (Lipinski definition) is 1. The molecule has 0 amide bonds. The van der Waals surface area contributed by atoms with Crippen LogP contribution in [-0.4, -0.2) is 64.0 Å². The molecular weight excluding hydrogens is 384 g/mol. The molecule has 1 aliphatic rings. The van der Waals surface area contributed by atoms with E-state index in [1.807, 2.05) is 0 Å². The van der Waals surface area contributed by atoms with Crippen LogP contribution in [0.5, 0.6) is 17.2 Å². The molecule has 160 valence electrons. The fourth-order valence-corrected chi connectivity index (χ4v) is 3.96. The van der Waals surface area contributed by atoms with E-state index in [1.54, 1.807) is 0 Å². The summed E-state index contributed by atoms with van der Waals surface area (Å²) in [6, 6.07) is 3.07. The molecule has 29 heavy (non-hydrogen) atoms. The molecule has 1 fully saturated rings. The van der Waals surface area contributed by atoms with Gasteiger partial charge in [0.2, 0.25) is 5.75 Å². The monoisotopic (exact) mass is 410 g/mol. The lowest BCUT2D eigenvalue weighted by Crippen LogP contribution is -2.55. The van der Waals surface area contributed by atoms with Crippen molar-refractivity contribution in [2.75, 3.05) is 35.5 Å². The average Bonchev–Trinajstić information content (AvgIpc) is 2.70. The van der Waals surface area contributed by atoms with E-state index in [2.05, 4.69) is 0 Å². The standard InChI is InChI=1S/C20H26O9/c1-20(24)9-11(21)15(18(22)28-5)14(16(20)19(23)29-6)10-7-12(25-2)17(27-4)13(8-10)26-3/h7-8,14-16,24H,9H2,1-6H3/t14-,15-,16-,20-/m0/s1. The van der Waals surface area contributed by atoms with Crippen LogP contribution in [0.4, 0.5) is 0 Å². The van der Waals surface area contributed by atoms with Crippen LogP contribution >= 0.6 is 0 Å². The predicted molar refractivity (Wildman–Crippen MR) is 100 cm³/mol. The van der Waals surface area contributed by atoms with Crippen molar-refractivity contribution in [2.45, 2.75) is 24.9 Å². The first-order valence-electron chi connectivity index (χ1n) is 8.87. The molecule has 1 aliphatic carbocycles. The van der Waals surface area contributed by atoms with Gasteiger partial charge >= 0.3 is 11.9 Å². The molecule has 0 saturated heterocycles. The molecule has 2 rings (SSSR count). The minimum Gasteiger partial charge on any atom is -0.493 e. The van der Waals surface area contributed by atoms with Crippen molar-refractivity contribution < 1.29 is 43.2 Å². The van der Waals surface area contributed by atoms with E-state index in [0.717, 1.165) is 7.11 Å². The van der Waals surface area contributed by atoms with Gasteiger partial charge in [-0.05, 0) is 24.6 Å². The summed E-state index contributed by atoms with van der Waals surface area (Å²) in [5.41, 5.74) is -1.38. The van der Waals surface area contributed by atoms with Crippen molar-refractivity contribution in [3.8, 4) is 17.2 Å². The second-order valence-corrected chi connectivity index (χ2v) is 6.99. The van der Waals surface area contributed by atoms with Crippen LogP contribution in [-0.2, 0) is 23.9 Å². The van der Waals surface area contributed by atoms with Gasteiger partial charge in [-0.2, -0.15) is 0 Å². The zero-order valence-corrected chi connectivity index (χ0v) is 17.3. The highest BCUT2D eigenvalue weighted by Crippen LogP contribution is 2.49. The Balaban J connectivity index is 2.80. The zero-order chi connectivity index (χ0) is 21.9. The van der Waals surface area contributed by atoms with Gasteiger partial charge in [-0.3, -0.25) is 14.4 Å². The Morgan fingerprint density at radius 1 is 0.966 bits per heavy atom. The first-order chi connectivity index (χ1) is 13.7. The first kappa shape index (κ1) is 22.5. The highest BCUT2D eigenvalue weighted by Gasteiger charge is 2.57. The van der Waals surface area contributed by atoms with Crippen molar-refractivity contribution in [3.05, 3.63) is 17.7 Å². The molecule has 9 heteroatoms. The van der Waals surface area contributed by atoms with Crippen molar-refractivity contribution in [3.63, 3.8) is 0 Å². The number of rotatable bonds is 6. The lowest BCUT2D eigenvalue weighted by Gasteiger charge is -2.43. The molecule has 0 heterocycles. The van der Waals surface area contributed by atoms with Crippen LogP contribution in [0.3, 0.4) is 0 Å². The van der Waals surface area contributed by atoms with Gasteiger partial charge in [0.05, 0.1) is 47.1 Å². The van der Waals surface area contributed by atoms with Gasteiger partial charge in [-0.1, -0.05) is 0 Å². The highest BCUT2D eigenvalue weighted by atomic mass is 16.5. The van der Waals surface area contributed by atoms with Gasteiger partial charge in [0.15, 0.2) is 17.3 Å². The number of ether oxygens (including phenoxy) is 5. The van der Waals surface area contributed by atoms with Crippen LogP contribution in [0.2, 0.25) is 0 Å². The van der Waals surface area contributed by atoms with E-state index in [4.69, 9.17) is 23.7 Å². The minimum absolute atomic E-state index is 0.270. The van der Waals surface area contributed by atoms with Crippen LogP contribution in [0.1, 0.15) is 24.8 Å². The first-order valence-corrected chi connectivity index (χ1v) is 8.87. The van der Waals surface area contributed by atoms with E-state index in [1.165, 1.54) is 47.5 Å².